The molecule has 21 heavy (non-hydrogen) atoms. The molecule has 2 aromatic rings. The van der Waals surface area contributed by atoms with Crippen LogP contribution in [0.5, 0.6) is 0 Å². The van der Waals surface area contributed by atoms with Crippen LogP contribution in [-0.2, 0) is 29.1 Å². The predicted octanol–water partition coefficient (Wildman–Crippen LogP) is 3.53. The number of nitrogens with one attached hydrogen (secondary N) is 1. The van der Waals surface area contributed by atoms with Crippen molar-refractivity contribution in [3.63, 3.8) is 0 Å². The Balaban J connectivity index is 1.82. The van der Waals surface area contributed by atoms with E-state index in [1.54, 1.807) is 11.3 Å². The maximum Gasteiger partial charge on any atom is 0.225 e. The van der Waals surface area contributed by atoms with Crippen molar-refractivity contribution in [2.75, 3.05) is 0 Å². The van der Waals surface area contributed by atoms with E-state index < -0.39 is 0 Å². The van der Waals surface area contributed by atoms with E-state index in [1.807, 2.05) is 49.6 Å². The van der Waals surface area contributed by atoms with E-state index in [0.29, 0.717) is 19.6 Å². The SMILES string of the molecule is CC(C)OCc1cccc(CNC(=O)Cc2cccs2)c1. The second kappa shape index (κ2) is 7.96. The van der Waals surface area contributed by atoms with Crippen LogP contribution in [0.15, 0.2) is 41.8 Å². The molecule has 0 aliphatic carbocycles. The zero-order valence-electron chi connectivity index (χ0n) is 12.5. The average Bonchev–Trinajstić information content (AvgIpc) is 2.96. The molecular formula is C17H21NO2S. The fourth-order valence-corrected chi connectivity index (χ4v) is 2.63. The molecule has 0 saturated heterocycles. The number of benzene rings is 1. The summed E-state index contributed by atoms with van der Waals surface area (Å²) in [5.74, 6) is 0.0567. The van der Waals surface area contributed by atoms with Crippen LogP contribution in [0.2, 0.25) is 0 Å². The molecule has 4 heteroatoms. The number of amides is 1. The van der Waals surface area contributed by atoms with Gasteiger partial charge in [0, 0.05) is 11.4 Å². The van der Waals surface area contributed by atoms with Gasteiger partial charge in [0.2, 0.25) is 5.91 Å². The van der Waals surface area contributed by atoms with Crippen LogP contribution in [0.4, 0.5) is 0 Å². The van der Waals surface area contributed by atoms with E-state index in [1.165, 1.54) is 0 Å². The molecule has 1 heterocycles. The minimum Gasteiger partial charge on any atom is -0.374 e. The van der Waals surface area contributed by atoms with Gasteiger partial charge in [-0.2, -0.15) is 0 Å². The fraction of sp³-hybridized carbons (Fsp3) is 0.353. The number of hydrogen-bond donors (Lipinski definition) is 1. The highest BCUT2D eigenvalue weighted by Crippen LogP contribution is 2.10. The lowest BCUT2D eigenvalue weighted by molar-refractivity contribution is -0.120. The molecule has 0 atom stereocenters. The monoisotopic (exact) mass is 303 g/mol. The average molecular weight is 303 g/mol. The van der Waals surface area contributed by atoms with Crippen molar-refractivity contribution in [2.45, 2.75) is 39.5 Å². The highest BCUT2D eigenvalue weighted by Gasteiger charge is 2.04. The van der Waals surface area contributed by atoms with Crippen molar-refractivity contribution < 1.29 is 9.53 Å². The highest BCUT2D eigenvalue weighted by atomic mass is 32.1. The number of hydrogen-bond acceptors (Lipinski definition) is 3. The third-order valence-corrected chi connectivity index (χ3v) is 3.86. The van der Waals surface area contributed by atoms with Crippen LogP contribution in [0, 0.1) is 0 Å². The van der Waals surface area contributed by atoms with Crippen molar-refractivity contribution in [1.29, 1.82) is 0 Å². The van der Waals surface area contributed by atoms with Crippen LogP contribution in [0.3, 0.4) is 0 Å². The lowest BCUT2D eigenvalue weighted by Crippen LogP contribution is -2.24. The van der Waals surface area contributed by atoms with Gasteiger partial charge >= 0.3 is 0 Å². The Bertz CT molecular complexity index is 564. The van der Waals surface area contributed by atoms with Crippen LogP contribution < -0.4 is 5.32 Å². The molecule has 0 spiro atoms. The van der Waals surface area contributed by atoms with Crippen molar-refractivity contribution in [2.24, 2.45) is 0 Å². The van der Waals surface area contributed by atoms with E-state index in [2.05, 4.69) is 11.4 Å². The molecule has 0 radical (unpaired) electrons. The minimum atomic E-state index is 0.0567. The van der Waals surface area contributed by atoms with Crippen molar-refractivity contribution in [3.05, 3.63) is 57.8 Å². The molecule has 3 nitrogen and oxygen atoms in total. The van der Waals surface area contributed by atoms with Gasteiger partial charge in [-0.3, -0.25) is 4.79 Å². The maximum absolute atomic E-state index is 11.9. The van der Waals surface area contributed by atoms with Gasteiger partial charge in [0.25, 0.3) is 0 Å². The molecule has 1 N–H and O–H groups in total. The summed E-state index contributed by atoms with van der Waals surface area (Å²) >= 11 is 1.61. The lowest BCUT2D eigenvalue weighted by Gasteiger charge is -2.09. The van der Waals surface area contributed by atoms with Gasteiger partial charge in [0.05, 0.1) is 19.1 Å². The van der Waals surface area contributed by atoms with Crippen LogP contribution in [0.1, 0.15) is 29.9 Å². The molecule has 0 fully saturated rings. The summed E-state index contributed by atoms with van der Waals surface area (Å²) in [6.45, 7) is 5.21. The van der Waals surface area contributed by atoms with Gasteiger partial charge in [-0.1, -0.05) is 30.3 Å². The Hall–Kier alpha value is -1.65. The maximum atomic E-state index is 11.9. The van der Waals surface area contributed by atoms with Crippen LogP contribution in [0.25, 0.3) is 0 Å². The molecule has 1 aromatic heterocycles. The largest absolute Gasteiger partial charge is 0.374 e. The molecule has 112 valence electrons. The summed E-state index contributed by atoms with van der Waals surface area (Å²) in [6.07, 6.45) is 0.674. The number of carbonyl (C=O) groups is 1. The first kappa shape index (κ1) is 15.7. The van der Waals surface area contributed by atoms with Crippen molar-refractivity contribution in [1.82, 2.24) is 5.32 Å². The van der Waals surface area contributed by atoms with E-state index in [4.69, 9.17) is 4.74 Å². The number of ether oxygens (including phenoxy) is 1. The first-order valence-corrected chi connectivity index (χ1v) is 8.00. The summed E-state index contributed by atoms with van der Waals surface area (Å²) in [7, 11) is 0. The standard InChI is InChI=1S/C17H21NO2S/c1-13(2)20-12-15-6-3-5-14(9-15)11-18-17(19)10-16-7-4-8-21-16/h3-9,13H,10-12H2,1-2H3,(H,18,19). The zero-order chi connectivity index (χ0) is 15.1. The molecular weight excluding hydrogens is 282 g/mol. The molecule has 1 amide bonds. The second-order valence-electron chi connectivity index (χ2n) is 5.21. The smallest absolute Gasteiger partial charge is 0.225 e. The van der Waals surface area contributed by atoms with E-state index in [9.17, 15) is 4.79 Å². The summed E-state index contributed by atoms with van der Waals surface area (Å²) in [4.78, 5) is 12.9. The summed E-state index contributed by atoms with van der Waals surface area (Å²) < 4.78 is 5.59. The van der Waals surface area contributed by atoms with Crippen molar-refractivity contribution >= 4 is 17.2 Å². The second-order valence-corrected chi connectivity index (χ2v) is 6.24. The Morgan fingerprint density at radius 3 is 2.76 bits per heavy atom. The van der Waals surface area contributed by atoms with Crippen molar-refractivity contribution in [3.8, 4) is 0 Å². The molecule has 0 bridgehead atoms. The molecule has 0 aliphatic heterocycles. The van der Waals surface area contributed by atoms with Gasteiger partial charge in [-0.25, -0.2) is 0 Å². The third-order valence-electron chi connectivity index (χ3n) is 2.98. The normalized spacial score (nSPS) is 10.8. The van der Waals surface area contributed by atoms with Gasteiger partial charge < -0.3 is 10.1 Å². The quantitative estimate of drug-likeness (QED) is 0.849. The van der Waals surface area contributed by atoms with Crippen LogP contribution in [-0.4, -0.2) is 12.0 Å². The fourth-order valence-electron chi connectivity index (χ4n) is 1.93. The summed E-state index contributed by atoms with van der Waals surface area (Å²) in [6, 6.07) is 12.1. The first-order chi connectivity index (χ1) is 10.1. The van der Waals surface area contributed by atoms with Gasteiger partial charge in [0.15, 0.2) is 0 Å². The van der Waals surface area contributed by atoms with Gasteiger partial charge in [0.1, 0.15) is 0 Å². The number of rotatable bonds is 7. The Morgan fingerprint density at radius 2 is 2.05 bits per heavy atom. The topological polar surface area (TPSA) is 38.3 Å². The zero-order valence-corrected chi connectivity index (χ0v) is 13.3. The highest BCUT2D eigenvalue weighted by molar-refractivity contribution is 7.10. The lowest BCUT2D eigenvalue weighted by atomic mass is 10.1. The van der Waals surface area contributed by atoms with Gasteiger partial charge in [-0.05, 0) is 36.4 Å². The minimum absolute atomic E-state index is 0.0567. The molecule has 0 saturated carbocycles. The summed E-state index contributed by atoms with van der Waals surface area (Å²) in [5.41, 5.74) is 2.23. The first-order valence-electron chi connectivity index (χ1n) is 7.12. The predicted molar refractivity (Wildman–Crippen MR) is 86.2 cm³/mol. The molecule has 2 rings (SSSR count). The summed E-state index contributed by atoms with van der Waals surface area (Å²) in [5, 5.41) is 4.94. The van der Waals surface area contributed by atoms with E-state index >= 15 is 0 Å². The Morgan fingerprint density at radius 1 is 1.24 bits per heavy atom. The Kier molecular flexibility index (Phi) is 5.96. The van der Waals surface area contributed by atoms with Gasteiger partial charge in [-0.15, -0.1) is 11.3 Å². The van der Waals surface area contributed by atoms with E-state index in [-0.39, 0.29) is 12.0 Å². The third kappa shape index (κ3) is 5.69. The Labute approximate surface area is 130 Å². The molecule has 0 aliphatic rings. The van der Waals surface area contributed by atoms with Crippen LogP contribution >= 0.6 is 11.3 Å². The van der Waals surface area contributed by atoms with E-state index in [0.717, 1.165) is 16.0 Å². The molecule has 1 aromatic carbocycles. The number of thiophene rings is 1. The molecule has 0 unspecified atom stereocenters. The number of carbonyl (C=O) groups excluding carboxylic acids is 1.